The Bertz CT molecular complexity index is 257. The highest BCUT2D eigenvalue weighted by molar-refractivity contribution is 5.77. The third kappa shape index (κ3) is 2.74. The fourth-order valence-corrected chi connectivity index (χ4v) is 2.75. The summed E-state index contributed by atoms with van der Waals surface area (Å²) in [6.45, 7) is 5.00. The molecular formula is C12H22N2O2. The molecule has 4 nitrogen and oxygen atoms in total. The molecular weight excluding hydrogens is 204 g/mol. The molecule has 4 atom stereocenters. The Morgan fingerprint density at radius 1 is 1.50 bits per heavy atom. The van der Waals surface area contributed by atoms with Crippen LogP contribution in [-0.4, -0.2) is 36.7 Å². The monoisotopic (exact) mass is 226 g/mol. The second-order valence-electron chi connectivity index (χ2n) is 4.95. The van der Waals surface area contributed by atoms with Crippen molar-refractivity contribution in [1.82, 2.24) is 10.6 Å². The van der Waals surface area contributed by atoms with Crippen LogP contribution in [-0.2, 0) is 9.53 Å². The lowest BCUT2D eigenvalue weighted by molar-refractivity contribution is -0.122. The van der Waals surface area contributed by atoms with Crippen LogP contribution in [0, 0.1) is 0 Å². The van der Waals surface area contributed by atoms with Gasteiger partial charge in [0.25, 0.3) is 0 Å². The second kappa shape index (κ2) is 5.15. The Morgan fingerprint density at radius 3 is 2.88 bits per heavy atom. The minimum absolute atomic E-state index is 0.148. The lowest BCUT2D eigenvalue weighted by Crippen LogP contribution is -2.43. The molecule has 2 N–H and O–H groups in total. The molecule has 0 spiro atoms. The summed E-state index contributed by atoms with van der Waals surface area (Å²) in [7, 11) is 0. The quantitative estimate of drug-likeness (QED) is 0.729. The van der Waals surface area contributed by atoms with Crippen LogP contribution in [0.5, 0.6) is 0 Å². The molecule has 92 valence electrons. The summed E-state index contributed by atoms with van der Waals surface area (Å²) < 4.78 is 5.71. The first-order chi connectivity index (χ1) is 7.69. The van der Waals surface area contributed by atoms with E-state index in [0.717, 1.165) is 19.4 Å². The van der Waals surface area contributed by atoms with Crippen molar-refractivity contribution in [3.05, 3.63) is 0 Å². The molecule has 2 aliphatic heterocycles. The van der Waals surface area contributed by atoms with Gasteiger partial charge in [0.05, 0.1) is 18.2 Å². The number of amides is 1. The van der Waals surface area contributed by atoms with E-state index in [0.29, 0.717) is 12.5 Å². The van der Waals surface area contributed by atoms with Crippen LogP contribution >= 0.6 is 0 Å². The topological polar surface area (TPSA) is 50.4 Å². The Kier molecular flexibility index (Phi) is 3.82. The molecule has 0 radical (unpaired) electrons. The predicted octanol–water partition coefficient (Wildman–Crippen LogP) is 0.811. The Labute approximate surface area is 97.1 Å². The molecule has 1 amide bonds. The summed E-state index contributed by atoms with van der Waals surface area (Å²) in [5, 5.41) is 6.34. The first kappa shape index (κ1) is 11.9. The van der Waals surface area contributed by atoms with E-state index in [1.54, 1.807) is 0 Å². The third-order valence-electron chi connectivity index (χ3n) is 3.50. The minimum atomic E-state index is 0.148. The fraction of sp³-hybridized carbons (Fsp3) is 0.917. The number of carbonyl (C=O) groups is 1. The van der Waals surface area contributed by atoms with Crippen LogP contribution in [0.1, 0.15) is 39.5 Å². The van der Waals surface area contributed by atoms with Gasteiger partial charge in [0.15, 0.2) is 0 Å². The smallest absolute Gasteiger partial charge is 0.221 e. The van der Waals surface area contributed by atoms with Crippen molar-refractivity contribution in [3.63, 3.8) is 0 Å². The van der Waals surface area contributed by atoms with Gasteiger partial charge in [0.1, 0.15) is 0 Å². The third-order valence-corrected chi connectivity index (χ3v) is 3.50. The van der Waals surface area contributed by atoms with Crippen molar-refractivity contribution in [2.45, 2.75) is 63.8 Å². The number of rotatable bonds is 5. The zero-order valence-electron chi connectivity index (χ0n) is 10.2. The van der Waals surface area contributed by atoms with Gasteiger partial charge >= 0.3 is 0 Å². The van der Waals surface area contributed by atoms with Crippen LogP contribution < -0.4 is 10.6 Å². The maximum atomic E-state index is 11.8. The Balaban J connectivity index is 1.71. The molecule has 2 bridgehead atoms. The molecule has 2 rings (SSSR count). The molecule has 0 aromatic carbocycles. The SMILES string of the molecule is CCNC(C)CC(=O)NC1CC2CCC1O2. The van der Waals surface area contributed by atoms with Crippen molar-refractivity contribution in [1.29, 1.82) is 0 Å². The zero-order chi connectivity index (χ0) is 11.5. The fourth-order valence-electron chi connectivity index (χ4n) is 2.75. The summed E-state index contributed by atoms with van der Waals surface area (Å²) in [6.07, 6.45) is 4.53. The second-order valence-corrected chi connectivity index (χ2v) is 4.95. The number of fused-ring (bicyclic) bond motifs is 2. The molecule has 2 aliphatic rings. The molecule has 2 fully saturated rings. The van der Waals surface area contributed by atoms with Crippen LogP contribution in [0.3, 0.4) is 0 Å². The number of hydrogen-bond donors (Lipinski definition) is 2. The van der Waals surface area contributed by atoms with Crippen molar-refractivity contribution in [2.24, 2.45) is 0 Å². The minimum Gasteiger partial charge on any atom is -0.373 e. The van der Waals surface area contributed by atoms with E-state index in [4.69, 9.17) is 4.74 Å². The van der Waals surface area contributed by atoms with Crippen LogP contribution in [0.4, 0.5) is 0 Å². The van der Waals surface area contributed by atoms with E-state index in [2.05, 4.69) is 17.6 Å². The van der Waals surface area contributed by atoms with Gasteiger partial charge in [0.2, 0.25) is 5.91 Å². The molecule has 2 saturated heterocycles. The summed E-state index contributed by atoms with van der Waals surface area (Å²) in [6, 6.07) is 0.518. The van der Waals surface area contributed by atoms with Crippen LogP contribution in [0.15, 0.2) is 0 Å². The van der Waals surface area contributed by atoms with Gasteiger partial charge in [0, 0.05) is 12.5 Å². The number of hydrogen-bond acceptors (Lipinski definition) is 3. The summed E-state index contributed by atoms with van der Waals surface area (Å²) in [4.78, 5) is 11.8. The van der Waals surface area contributed by atoms with Gasteiger partial charge in [-0.05, 0) is 32.7 Å². The first-order valence-corrected chi connectivity index (χ1v) is 6.37. The zero-order valence-corrected chi connectivity index (χ0v) is 10.2. The number of carbonyl (C=O) groups excluding carboxylic acids is 1. The lowest BCUT2D eigenvalue weighted by atomic mass is 9.95. The Hall–Kier alpha value is -0.610. The Morgan fingerprint density at radius 2 is 2.31 bits per heavy atom. The summed E-state index contributed by atoms with van der Waals surface area (Å²) >= 11 is 0. The highest BCUT2D eigenvalue weighted by Crippen LogP contribution is 2.34. The van der Waals surface area contributed by atoms with Gasteiger partial charge in [-0.15, -0.1) is 0 Å². The van der Waals surface area contributed by atoms with Gasteiger partial charge in [-0.2, -0.15) is 0 Å². The molecule has 0 aliphatic carbocycles. The van der Waals surface area contributed by atoms with Crippen LogP contribution in [0.25, 0.3) is 0 Å². The van der Waals surface area contributed by atoms with Crippen LogP contribution in [0.2, 0.25) is 0 Å². The maximum Gasteiger partial charge on any atom is 0.221 e. The van der Waals surface area contributed by atoms with E-state index in [-0.39, 0.29) is 24.1 Å². The summed E-state index contributed by atoms with van der Waals surface area (Å²) in [5.41, 5.74) is 0. The molecule has 0 saturated carbocycles. The largest absolute Gasteiger partial charge is 0.373 e. The maximum absolute atomic E-state index is 11.8. The van der Waals surface area contributed by atoms with Crippen molar-refractivity contribution in [2.75, 3.05) is 6.54 Å². The number of nitrogens with one attached hydrogen (secondary N) is 2. The number of ether oxygens (including phenoxy) is 1. The summed E-state index contributed by atoms with van der Waals surface area (Å²) in [5.74, 6) is 0.148. The molecule has 2 heterocycles. The van der Waals surface area contributed by atoms with Crippen molar-refractivity contribution in [3.8, 4) is 0 Å². The lowest BCUT2D eigenvalue weighted by Gasteiger charge is -2.21. The normalized spacial score (nSPS) is 34.0. The average Bonchev–Trinajstić information content (AvgIpc) is 2.78. The molecule has 0 aromatic heterocycles. The predicted molar refractivity (Wildman–Crippen MR) is 62.2 cm³/mol. The standard InChI is InChI=1S/C12H22N2O2/c1-3-13-8(2)6-12(15)14-10-7-9-4-5-11(10)16-9/h8-11,13H,3-7H2,1-2H3,(H,14,15). The molecule has 0 aromatic rings. The molecule has 4 unspecified atom stereocenters. The highest BCUT2D eigenvalue weighted by atomic mass is 16.5. The average molecular weight is 226 g/mol. The van der Waals surface area contributed by atoms with E-state index < -0.39 is 0 Å². The van der Waals surface area contributed by atoms with E-state index >= 15 is 0 Å². The molecule has 16 heavy (non-hydrogen) atoms. The van der Waals surface area contributed by atoms with Crippen molar-refractivity contribution >= 4 is 5.91 Å². The van der Waals surface area contributed by atoms with Gasteiger partial charge in [-0.25, -0.2) is 0 Å². The highest BCUT2D eigenvalue weighted by Gasteiger charge is 2.41. The van der Waals surface area contributed by atoms with Gasteiger partial charge in [-0.1, -0.05) is 6.92 Å². The van der Waals surface area contributed by atoms with E-state index in [1.165, 1.54) is 6.42 Å². The first-order valence-electron chi connectivity index (χ1n) is 6.37. The van der Waals surface area contributed by atoms with Gasteiger partial charge in [-0.3, -0.25) is 4.79 Å². The van der Waals surface area contributed by atoms with Crippen molar-refractivity contribution < 1.29 is 9.53 Å². The van der Waals surface area contributed by atoms with E-state index in [9.17, 15) is 4.79 Å². The van der Waals surface area contributed by atoms with Gasteiger partial charge < -0.3 is 15.4 Å². The molecule has 4 heteroatoms. The van der Waals surface area contributed by atoms with E-state index in [1.807, 2.05) is 6.92 Å².